The monoisotopic (exact) mass is 885 g/mol. The average Bonchev–Trinajstić information content (AvgIpc) is 3.22. The van der Waals surface area contributed by atoms with E-state index in [1.165, 1.54) is 199 Å². The van der Waals surface area contributed by atoms with Crippen molar-refractivity contribution in [2.24, 2.45) is 0 Å². The van der Waals surface area contributed by atoms with Crippen molar-refractivity contribution in [3.63, 3.8) is 0 Å². The van der Waals surface area contributed by atoms with Crippen LogP contribution in [0, 0.1) is 0 Å². The lowest BCUT2D eigenvalue weighted by molar-refractivity contribution is -0.870. The predicted octanol–water partition coefficient (Wildman–Crippen LogP) is 16.3. The first-order chi connectivity index (χ1) is 29.6. The number of carbonyl (C=O) groups excluding carboxylic acids is 1. The Morgan fingerprint density at radius 2 is 0.869 bits per heavy atom. The summed E-state index contributed by atoms with van der Waals surface area (Å²) in [4.78, 5) is 22.9. The number of hydrogen-bond donors (Lipinski definition) is 1. The number of carbonyl (C=O) groups is 1. The molecule has 2 atom stereocenters. The van der Waals surface area contributed by atoms with Gasteiger partial charge in [0, 0.05) is 6.42 Å². The summed E-state index contributed by atoms with van der Waals surface area (Å²) < 4.78 is 34.9. The van der Waals surface area contributed by atoms with Crippen molar-refractivity contribution >= 4 is 13.8 Å². The molecule has 8 nitrogen and oxygen atoms in total. The topological polar surface area (TPSA) is 91.3 Å². The average molecular weight is 885 g/mol. The standard InChI is InChI=1S/C52H102NO7P/c1-6-8-10-12-14-16-18-20-22-24-25-26-27-28-29-30-31-33-35-37-39-41-43-45-52(54)60-51(50-59-61(55,56)58-48-46-53(3,4)5)49-57-47-44-42-40-38-36-34-32-23-21-19-17-15-13-11-9-7-2/h37,39,44,47,51H,6-36,38,40-43,45-46,48-50H2,1-5H3/p+1/b39-37+,47-44+/t51-/m1/s1. The molecule has 0 amide bonds. The molecule has 0 aliphatic carbocycles. The van der Waals surface area contributed by atoms with Crippen molar-refractivity contribution < 1.29 is 37.3 Å². The van der Waals surface area contributed by atoms with Crippen LogP contribution in [-0.4, -0.2) is 69.0 Å². The molecular formula is C52H103NO7P+. The van der Waals surface area contributed by atoms with Gasteiger partial charge in [-0.3, -0.25) is 13.8 Å². The summed E-state index contributed by atoms with van der Waals surface area (Å²) in [6.45, 7) is 4.95. The van der Waals surface area contributed by atoms with Crippen LogP contribution in [-0.2, 0) is 27.9 Å². The van der Waals surface area contributed by atoms with E-state index in [0.717, 1.165) is 25.7 Å². The summed E-state index contributed by atoms with van der Waals surface area (Å²) in [5, 5.41) is 0. The van der Waals surface area contributed by atoms with E-state index in [1.807, 2.05) is 27.2 Å². The number of esters is 1. The van der Waals surface area contributed by atoms with Gasteiger partial charge in [-0.2, -0.15) is 0 Å². The van der Waals surface area contributed by atoms with Crippen LogP contribution >= 0.6 is 7.82 Å². The second kappa shape index (κ2) is 45.4. The second-order valence-electron chi connectivity index (χ2n) is 19.0. The third-order valence-electron chi connectivity index (χ3n) is 11.6. The van der Waals surface area contributed by atoms with Crippen molar-refractivity contribution in [3.8, 4) is 0 Å². The molecule has 0 radical (unpaired) electrons. The number of nitrogens with zero attached hydrogens (tertiary/aromatic N) is 1. The molecule has 9 heteroatoms. The van der Waals surface area contributed by atoms with Crippen molar-refractivity contribution in [1.29, 1.82) is 0 Å². The Hall–Kier alpha value is -1.18. The number of likely N-dealkylation sites (N-methyl/N-ethyl adjacent to an activating group) is 1. The van der Waals surface area contributed by atoms with Crippen LogP contribution in [0.3, 0.4) is 0 Å². The molecule has 0 aromatic heterocycles. The number of phosphoric acid groups is 1. The molecule has 1 N–H and O–H groups in total. The van der Waals surface area contributed by atoms with Gasteiger partial charge in [-0.1, -0.05) is 219 Å². The third kappa shape index (κ3) is 49.7. The van der Waals surface area contributed by atoms with E-state index in [9.17, 15) is 14.3 Å². The molecule has 0 saturated heterocycles. The summed E-state index contributed by atoms with van der Waals surface area (Å²) in [5.41, 5.74) is 0. The van der Waals surface area contributed by atoms with Crippen LogP contribution in [0.25, 0.3) is 0 Å². The maximum Gasteiger partial charge on any atom is 0.472 e. The number of quaternary nitrogens is 1. The van der Waals surface area contributed by atoms with Gasteiger partial charge in [0.2, 0.25) is 0 Å². The van der Waals surface area contributed by atoms with E-state index in [-0.39, 0.29) is 32.2 Å². The lowest BCUT2D eigenvalue weighted by Gasteiger charge is -2.24. The van der Waals surface area contributed by atoms with Gasteiger partial charge in [-0.15, -0.1) is 0 Å². The molecule has 0 aromatic carbocycles. The van der Waals surface area contributed by atoms with Crippen molar-refractivity contribution in [1.82, 2.24) is 0 Å². The van der Waals surface area contributed by atoms with E-state index in [1.54, 1.807) is 6.26 Å². The Balaban J connectivity index is 4.15. The molecule has 0 aliphatic heterocycles. The highest BCUT2D eigenvalue weighted by Crippen LogP contribution is 2.43. The number of ether oxygens (including phenoxy) is 2. The quantitative estimate of drug-likeness (QED) is 0.0162. The fourth-order valence-electron chi connectivity index (χ4n) is 7.53. The van der Waals surface area contributed by atoms with Crippen LogP contribution < -0.4 is 0 Å². The van der Waals surface area contributed by atoms with Gasteiger partial charge in [0.15, 0.2) is 6.10 Å². The maximum absolute atomic E-state index is 12.7. The number of rotatable bonds is 49. The van der Waals surface area contributed by atoms with Crippen LogP contribution in [0.4, 0.5) is 0 Å². The zero-order valence-electron chi connectivity index (χ0n) is 41.2. The lowest BCUT2D eigenvalue weighted by Crippen LogP contribution is -2.37. The Morgan fingerprint density at radius 1 is 0.508 bits per heavy atom. The smallest absolute Gasteiger partial charge is 0.472 e. The van der Waals surface area contributed by atoms with Crippen molar-refractivity contribution in [2.45, 2.75) is 258 Å². The highest BCUT2D eigenvalue weighted by Gasteiger charge is 2.26. The Morgan fingerprint density at radius 3 is 1.26 bits per heavy atom. The first kappa shape index (κ1) is 59.8. The molecule has 0 aliphatic rings. The van der Waals surface area contributed by atoms with Gasteiger partial charge >= 0.3 is 13.8 Å². The Bertz CT molecular complexity index is 1030. The van der Waals surface area contributed by atoms with E-state index in [2.05, 4.69) is 26.0 Å². The minimum atomic E-state index is -4.30. The molecule has 61 heavy (non-hydrogen) atoms. The highest BCUT2D eigenvalue weighted by atomic mass is 31.2. The molecule has 0 heterocycles. The number of unbranched alkanes of at least 4 members (excludes halogenated alkanes) is 33. The van der Waals surface area contributed by atoms with Gasteiger partial charge in [0.05, 0.1) is 34.0 Å². The van der Waals surface area contributed by atoms with Crippen LogP contribution in [0.5, 0.6) is 0 Å². The molecule has 0 fully saturated rings. The van der Waals surface area contributed by atoms with Crippen molar-refractivity contribution in [2.75, 3.05) is 47.5 Å². The Labute approximate surface area is 379 Å². The molecule has 0 rings (SSSR count). The summed E-state index contributed by atoms with van der Waals surface area (Å²) in [6, 6.07) is 0. The molecule has 1 unspecified atom stereocenters. The third-order valence-corrected chi connectivity index (χ3v) is 12.6. The van der Waals surface area contributed by atoms with Gasteiger partial charge < -0.3 is 18.9 Å². The SMILES string of the molecule is CCCCCCCCCCCCCCCC/C=C/OC[C@H](COP(=O)(O)OCC[N+](C)(C)C)OC(=O)CCC/C=C/CCCCCCCCCCCCCCCCCCCC. The van der Waals surface area contributed by atoms with Crippen molar-refractivity contribution in [3.05, 3.63) is 24.5 Å². The second-order valence-corrected chi connectivity index (χ2v) is 20.4. The van der Waals surface area contributed by atoms with Gasteiger partial charge in [0.1, 0.15) is 19.8 Å². The molecule has 0 spiro atoms. The van der Waals surface area contributed by atoms with Crippen LogP contribution in [0.15, 0.2) is 24.5 Å². The summed E-state index contributed by atoms with van der Waals surface area (Å²) in [7, 11) is 1.63. The molecule has 0 aromatic rings. The fraction of sp³-hybridized carbons (Fsp3) is 0.904. The molecule has 0 bridgehead atoms. The highest BCUT2D eigenvalue weighted by molar-refractivity contribution is 7.47. The minimum Gasteiger partial charge on any atom is -0.498 e. The molecule has 362 valence electrons. The normalized spacial score (nSPS) is 13.7. The summed E-state index contributed by atoms with van der Waals surface area (Å²) in [6.07, 6.45) is 54.8. The minimum absolute atomic E-state index is 0.0408. The van der Waals surface area contributed by atoms with Gasteiger partial charge in [-0.05, 0) is 44.6 Å². The van der Waals surface area contributed by atoms with E-state index in [0.29, 0.717) is 17.4 Å². The predicted molar refractivity (Wildman–Crippen MR) is 261 cm³/mol. The largest absolute Gasteiger partial charge is 0.498 e. The van der Waals surface area contributed by atoms with E-state index in [4.69, 9.17) is 18.5 Å². The number of hydrogen-bond acceptors (Lipinski definition) is 6. The van der Waals surface area contributed by atoms with Crippen LogP contribution in [0.2, 0.25) is 0 Å². The zero-order chi connectivity index (χ0) is 44.8. The first-order valence-electron chi connectivity index (χ1n) is 26.1. The molecule has 0 saturated carbocycles. The summed E-state index contributed by atoms with van der Waals surface area (Å²) in [5.74, 6) is -0.362. The van der Waals surface area contributed by atoms with Gasteiger partial charge in [-0.25, -0.2) is 4.57 Å². The van der Waals surface area contributed by atoms with E-state index < -0.39 is 13.9 Å². The first-order valence-corrected chi connectivity index (χ1v) is 27.6. The summed E-state index contributed by atoms with van der Waals surface area (Å²) >= 11 is 0. The van der Waals surface area contributed by atoms with Gasteiger partial charge in [0.25, 0.3) is 0 Å². The number of phosphoric ester groups is 1. The molecular weight excluding hydrogens is 782 g/mol. The Kier molecular flexibility index (Phi) is 44.5. The van der Waals surface area contributed by atoms with E-state index >= 15 is 0 Å². The zero-order valence-corrected chi connectivity index (χ0v) is 42.1. The lowest BCUT2D eigenvalue weighted by atomic mass is 10.0. The fourth-order valence-corrected chi connectivity index (χ4v) is 8.27. The van der Waals surface area contributed by atoms with Crippen LogP contribution in [0.1, 0.15) is 251 Å². The number of allylic oxidation sites excluding steroid dienone is 3. The maximum atomic E-state index is 12.7.